The van der Waals surface area contributed by atoms with Crippen LogP contribution < -0.4 is 0 Å². The molecule has 2 aromatic heterocycles. The van der Waals surface area contributed by atoms with Gasteiger partial charge in [0.15, 0.2) is 21.7 Å². The fourth-order valence-corrected chi connectivity index (χ4v) is 4.35. The van der Waals surface area contributed by atoms with Crippen molar-refractivity contribution in [2.24, 2.45) is 0 Å². The second-order valence-corrected chi connectivity index (χ2v) is 9.40. The highest BCUT2D eigenvalue weighted by atomic mass is 32.2. The van der Waals surface area contributed by atoms with Crippen LogP contribution in [-0.2, 0) is 19.3 Å². The maximum Gasteiger partial charge on any atom is 0.446 e. The van der Waals surface area contributed by atoms with E-state index in [1.54, 1.807) is 0 Å². The van der Waals surface area contributed by atoms with Crippen LogP contribution in [0.1, 0.15) is 18.8 Å². The van der Waals surface area contributed by atoms with Gasteiger partial charge >= 0.3 is 5.51 Å². The van der Waals surface area contributed by atoms with Crippen molar-refractivity contribution >= 4 is 32.7 Å². The van der Waals surface area contributed by atoms with E-state index in [-0.39, 0.29) is 50.0 Å². The molecule has 3 aromatic rings. The second kappa shape index (κ2) is 8.53. The Balaban J connectivity index is 2.13. The van der Waals surface area contributed by atoms with Gasteiger partial charge in [-0.25, -0.2) is 18.4 Å². The molecule has 0 fully saturated rings. The number of benzene rings is 1. The van der Waals surface area contributed by atoms with Gasteiger partial charge in [-0.1, -0.05) is 6.92 Å². The van der Waals surface area contributed by atoms with Crippen molar-refractivity contribution in [3.8, 4) is 11.6 Å². The second-order valence-electron chi connectivity index (χ2n) is 6.02. The quantitative estimate of drug-likeness (QED) is 0.372. The smallest absolute Gasteiger partial charge is 0.435 e. The minimum atomic E-state index is -4.45. The zero-order valence-electron chi connectivity index (χ0n) is 16.1. The summed E-state index contributed by atoms with van der Waals surface area (Å²) in [5.41, 5.74) is -3.77. The van der Waals surface area contributed by atoms with Crippen LogP contribution in [0.25, 0.3) is 22.7 Å². The Morgan fingerprint density at radius 3 is 2.50 bits per heavy atom. The predicted molar refractivity (Wildman–Crippen MR) is 104 cm³/mol. The highest BCUT2D eigenvalue weighted by Gasteiger charge is 2.30. The molecule has 0 atom stereocenters. The maximum atomic E-state index is 12.7. The van der Waals surface area contributed by atoms with Gasteiger partial charge in [-0.05, 0) is 36.0 Å². The number of hydrogen-bond donors (Lipinski definition) is 0. The molecule has 0 saturated heterocycles. The number of oxazole rings is 1. The first-order chi connectivity index (χ1) is 14.1. The lowest BCUT2D eigenvalue weighted by atomic mass is 10.2. The molecule has 0 saturated carbocycles. The van der Waals surface area contributed by atoms with E-state index in [0.717, 1.165) is 0 Å². The molecule has 3 rings (SSSR count). The molecule has 12 heteroatoms. The standard InChI is InChI=1S/C18H17F3N2O5S2/c1-4-30(24,25)14-7-10(17(26-2)27-3)9-22-15(14)16-23-12-8-11(29-18(19,20)21)5-6-13(12)28-16/h5-9,17H,4H2,1-3H3. The molecule has 7 nitrogen and oxygen atoms in total. The van der Waals surface area contributed by atoms with Crippen molar-refractivity contribution in [3.63, 3.8) is 0 Å². The Labute approximate surface area is 174 Å². The summed E-state index contributed by atoms with van der Waals surface area (Å²) in [6.07, 6.45) is 0.532. The number of halogens is 3. The summed E-state index contributed by atoms with van der Waals surface area (Å²) in [4.78, 5) is 8.13. The SMILES string of the molecule is CCS(=O)(=O)c1cc(C(OC)OC)cnc1-c1nc2cc(SC(F)(F)F)ccc2o1. The maximum absolute atomic E-state index is 12.7. The van der Waals surface area contributed by atoms with Crippen molar-refractivity contribution in [3.05, 3.63) is 36.0 Å². The molecule has 0 unspecified atom stereocenters. The van der Waals surface area contributed by atoms with Crippen LogP contribution in [0.4, 0.5) is 13.2 Å². The summed E-state index contributed by atoms with van der Waals surface area (Å²) in [6.45, 7) is 1.47. The number of hydrogen-bond acceptors (Lipinski definition) is 8. The monoisotopic (exact) mass is 462 g/mol. The van der Waals surface area contributed by atoms with Gasteiger partial charge in [0.05, 0.1) is 10.6 Å². The first kappa shape index (κ1) is 22.5. The van der Waals surface area contributed by atoms with Crippen LogP contribution in [-0.4, -0.2) is 43.9 Å². The zero-order valence-corrected chi connectivity index (χ0v) is 17.7. The fourth-order valence-electron chi connectivity index (χ4n) is 2.72. The fraction of sp³-hybridized carbons (Fsp3) is 0.333. The van der Waals surface area contributed by atoms with Gasteiger partial charge < -0.3 is 13.9 Å². The van der Waals surface area contributed by atoms with E-state index in [2.05, 4.69) is 9.97 Å². The summed E-state index contributed by atoms with van der Waals surface area (Å²) in [5, 5.41) is 0. The molecule has 162 valence electrons. The number of fused-ring (bicyclic) bond motifs is 1. The molecule has 0 radical (unpaired) electrons. The van der Waals surface area contributed by atoms with Crippen molar-refractivity contribution in [2.45, 2.75) is 28.5 Å². The van der Waals surface area contributed by atoms with E-state index in [1.165, 1.54) is 51.6 Å². The molecular weight excluding hydrogens is 445 g/mol. The van der Waals surface area contributed by atoms with Gasteiger partial charge in [-0.15, -0.1) is 0 Å². The van der Waals surface area contributed by atoms with E-state index < -0.39 is 21.6 Å². The molecule has 0 bridgehead atoms. The van der Waals surface area contributed by atoms with Crippen LogP contribution in [0, 0.1) is 0 Å². The Kier molecular flexibility index (Phi) is 6.41. The minimum absolute atomic E-state index is 0.0484. The van der Waals surface area contributed by atoms with Crippen molar-refractivity contribution in [1.82, 2.24) is 9.97 Å². The third-order valence-electron chi connectivity index (χ3n) is 4.08. The summed E-state index contributed by atoms with van der Waals surface area (Å²) in [7, 11) is -0.953. The Hall–Kier alpha value is -2.15. The molecule has 0 aliphatic heterocycles. The molecule has 1 aromatic carbocycles. The minimum Gasteiger partial charge on any atom is -0.435 e. The average Bonchev–Trinajstić information content (AvgIpc) is 3.10. The van der Waals surface area contributed by atoms with E-state index in [4.69, 9.17) is 13.9 Å². The molecule has 0 spiro atoms. The van der Waals surface area contributed by atoms with E-state index >= 15 is 0 Å². The van der Waals surface area contributed by atoms with Gasteiger partial charge in [0.25, 0.3) is 0 Å². The number of aromatic nitrogens is 2. The highest BCUT2D eigenvalue weighted by Crippen LogP contribution is 2.38. The van der Waals surface area contributed by atoms with Gasteiger partial charge in [0.2, 0.25) is 5.89 Å². The number of methoxy groups -OCH3 is 2. The summed E-state index contributed by atoms with van der Waals surface area (Å²) in [6, 6.07) is 5.17. The summed E-state index contributed by atoms with van der Waals surface area (Å²) < 4.78 is 79.0. The van der Waals surface area contributed by atoms with Gasteiger partial charge in [-0.3, -0.25) is 0 Å². The van der Waals surface area contributed by atoms with Gasteiger partial charge in [0, 0.05) is 30.9 Å². The van der Waals surface area contributed by atoms with Crippen LogP contribution in [0.5, 0.6) is 0 Å². The van der Waals surface area contributed by atoms with Gasteiger partial charge in [0.1, 0.15) is 11.2 Å². The number of ether oxygens (including phenoxy) is 2. The largest absolute Gasteiger partial charge is 0.446 e. The lowest BCUT2D eigenvalue weighted by molar-refractivity contribution is -0.106. The zero-order chi connectivity index (χ0) is 22.1. The van der Waals surface area contributed by atoms with Crippen LogP contribution in [0.3, 0.4) is 0 Å². The van der Waals surface area contributed by atoms with E-state index in [0.29, 0.717) is 5.56 Å². The third-order valence-corrected chi connectivity index (χ3v) is 6.55. The Bertz CT molecular complexity index is 1160. The highest BCUT2D eigenvalue weighted by molar-refractivity contribution is 8.00. The number of thioether (sulfide) groups is 1. The molecule has 0 aliphatic carbocycles. The Morgan fingerprint density at radius 1 is 1.20 bits per heavy atom. The van der Waals surface area contributed by atoms with Crippen LogP contribution in [0.15, 0.2) is 44.7 Å². The molecule has 2 heterocycles. The van der Waals surface area contributed by atoms with E-state index in [9.17, 15) is 21.6 Å². The first-order valence-corrected chi connectivity index (χ1v) is 11.0. The molecule has 30 heavy (non-hydrogen) atoms. The van der Waals surface area contributed by atoms with Gasteiger partial charge in [-0.2, -0.15) is 13.2 Å². The van der Waals surface area contributed by atoms with Crippen molar-refractivity contribution < 1.29 is 35.5 Å². The normalized spacial score (nSPS) is 12.8. The number of pyridine rings is 1. The lowest BCUT2D eigenvalue weighted by Gasteiger charge is -2.15. The van der Waals surface area contributed by atoms with Crippen LogP contribution >= 0.6 is 11.8 Å². The molecule has 0 N–H and O–H groups in total. The average molecular weight is 462 g/mol. The molecular formula is C18H17F3N2O5S2. The predicted octanol–water partition coefficient (Wildman–Crippen LogP) is 4.59. The number of nitrogens with zero attached hydrogens (tertiary/aromatic N) is 2. The summed E-state index contributed by atoms with van der Waals surface area (Å²) >= 11 is -0.279. The van der Waals surface area contributed by atoms with Crippen molar-refractivity contribution in [1.29, 1.82) is 0 Å². The number of alkyl halides is 3. The van der Waals surface area contributed by atoms with Crippen LogP contribution in [0.2, 0.25) is 0 Å². The van der Waals surface area contributed by atoms with Crippen molar-refractivity contribution in [2.75, 3.05) is 20.0 Å². The molecule has 0 aliphatic rings. The van der Waals surface area contributed by atoms with E-state index in [1.807, 2.05) is 0 Å². The lowest BCUT2D eigenvalue weighted by Crippen LogP contribution is -2.11. The number of sulfone groups is 1. The summed E-state index contributed by atoms with van der Waals surface area (Å²) in [5.74, 6) is -0.327. The third kappa shape index (κ3) is 4.77. The Morgan fingerprint density at radius 2 is 1.90 bits per heavy atom. The number of rotatable bonds is 7. The molecule has 0 amide bonds. The topological polar surface area (TPSA) is 91.5 Å². The first-order valence-electron chi connectivity index (χ1n) is 8.53.